The van der Waals surface area contributed by atoms with Gasteiger partial charge in [-0.05, 0) is 62.3 Å². The molecule has 110 valence electrons. The highest BCUT2D eigenvalue weighted by Gasteiger charge is 2.32. The topological polar surface area (TPSA) is 12.0 Å². The molecular weight excluding hydrogens is 230 g/mol. The van der Waals surface area contributed by atoms with Crippen LogP contribution < -0.4 is 5.32 Å². The van der Waals surface area contributed by atoms with E-state index in [0.717, 1.165) is 29.7 Å². The smallest absolute Gasteiger partial charge is 0.00700 e. The second kappa shape index (κ2) is 6.61. The first-order chi connectivity index (χ1) is 9.31. The standard InChI is InChI=1S/C18H33N/c1-14-6-8-15(9-7-14)13-19-18-11-10-16-4-2-3-5-17(16)12-18/h14-19H,2-13H2,1H3. The highest BCUT2D eigenvalue weighted by molar-refractivity contribution is 4.86. The van der Waals surface area contributed by atoms with E-state index in [1.165, 1.54) is 77.2 Å². The Labute approximate surface area is 119 Å². The molecule has 0 heterocycles. The third kappa shape index (κ3) is 3.74. The average molecular weight is 263 g/mol. The quantitative estimate of drug-likeness (QED) is 0.774. The molecule has 0 amide bonds. The summed E-state index contributed by atoms with van der Waals surface area (Å²) in [5, 5.41) is 3.94. The van der Waals surface area contributed by atoms with Gasteiger partial charge in [0.2, 0.25) is 0 Å². The third-order valence-electron chi connectivity index (χ3n) is 6.37. The van der Waals surface area contributed by atoms with Crippen molar-refractivity contribution in [2.75, 3.05) is 6.54 Å². The Kier molecular flexibility index (Phi) is 4.84. The van der Waals surface area contributed by atoms with Gasteiger partial charge in [0.15, 0.2) is 0 Å². The van der Waals surface area contributed by atoms with E-state index in [1.54, 1.807) is 0 Å². The summed E-state index contributed by atoms with van der Waals surface area (Å²) in [6.45, 7) is 3.74. The normalized spacial score (nSPS) is 43.7. The van der Waals surface area contributed by atoms with Crippen molar-refractivity contribution < 1.29 is 0 Å². The Morgan fingerprint density at radius 2 is 1.53 bits per heavy atom. The van der Waals surface area contributed by atoms with Crippen molar-refractivity contribution in [3.8, 4) is 0 Å². The van der Waals surface area contributed by atoms with Crippen molar-refractivity contribution >= 4 is 0 Å². The molecule has 0 aromatic carbocycles. The van der Waals surface area contributed by atoms with Gasteiger partial charge in [-0.1, -0.05) is 45.4 Å². The molecule has 3 saturated carbocycles. The van der Waals surface area contributed by atoms with E-state index in [0.29, 0.717) is 0 Å². The van der Waals surface area contributed by atoms with Crippen LogP contribution in [-0.2, 0) is 0 Å². The van der Waals surface area contributed by atoms with E-state index in [9.17, 15) is 0 Å². The van der Waals surface area contributed by atoms with Crippen LogP contribution in [-0.4, -0.2) is 12.6 Å². The van der Waals surface area contributed by atoms with Gasteiger partial charge in [0.25, 0.3) is 0 Å². The van der Waals surface area contributed by atoms with Crippen molar-refractivity contribution in [1.29, 1.82) is 0 Å². The lowest BCUT2D eigenvalue weighted by atomic mass is 9.69. The molecule has 1 heteroatoms. The van der Waals surface area contributed by atoms with Gasteiger partial charge >= 0.3 is 0 Å². The fraction of sp³-hybridized carbons (Fsp3) is 1.00. The van der Waals surface area contributed by atoms with E-state index >= 15 is 0 Å². The minimum Gasteiger partial charge on any atom is -0.314 e. The second-order valence-corrected chi connectivity index (χ2v) is 7.85. The molecule has 1 N–H and O–H groups in total. The first kappa shape index (κ1) is 13.9. The number of fused-ring (bicyclic) bond motifs is 1. The monoisotopic (exact) mass is 263 g/mol. The van der Waals surface area contributed by atoms with E-state index in [1.807, 2.05) is 0 Å². The van der Waals surface area contributed by atoms with Gasteiger partial charge in [-0.25, -0.2) is 0 Å². The Morgan fingerprint density at radius 3 is 2.32 bits per heavy atom. The minimum atomic E-state index is 0.860. The van der Waals surface area contributed by atoms with Crippen molar-refractivity contribution in [1.82, 2.24) is 5.32 Å². The summed E-state index contributed by atoms with van der Waals surface area (Å²) in [5.74, 6) is 4.16. The zero-order valence-corrected chi connectivity index (χ0v) is 12.9. The highest BCUT2D eigenvalue weighted by Crippen LogP contribution is 2.40. The Bertz CT molecular complexity index is 267. The minimum absolute atomic E-state index is 0.860. The molecule has 0 bridgehead atoms. The molecule has 3 aliphatic carbocycles. The fourth-order valence-electron chi connectivity index (χ4n) is 4.93. The SMILES string of the molecule is CC1CCC(CNC2CCC3CCCCC3C2)CC1. The van der Waals surface area contributed by atoms with Crippen LogP contribution >= 0.6 is 0 Å². The van der Waals surface area contributed by atoms with Crippen molar-refractivity contribution in [2.24, 2.45) is 23.7 Å². The first-order valence-electron chi connectivity index (χ1n) is 9.04. The summed E-state index contributed by atoms with van der Waals surface area (Å²) >= 11 is 0. The maximum atomic E-state index is 3.94. The second-order valence-electron chi connectivity index (χ2n) is 7.85. The zero-order chi connectivity index (χ0) is 13.1. The van der Waals surface area contributed by atoms with Crippen LogP contribution in [0.2, 0.25) is 0 Å². The van der Waals surface area contributed by atoms with Gasteiger partial charge in [0.05, 0.1) is 0 Å². The van der Waals surface area contributed by atoms with Gasteiger partial charge in [0.1, 0.15) is 0 Å². The van der Waals surface area contributed by atoms with Crippen LogP contribution in [0, 0.1) is 23.7 Å². The highest BCUT2D eigenvalue weighted by atomic mass is 14.9. The predicted molar refractivity (Wildman–Crippen MR) is 82.2 cm³/mol. The molecule has 19 heavy (non-hydrogen) atoms. The average Bonchev–Trinajstić information content (AvgIpc) is 2.46. The molecular formula is C18H33N. The summed E-state index contributed by atoms with van der Waals surface area (Å²) < 4.78 is 0. The van der Waals surface area contributed by atoms with E-state index in [-0.39, 0.29) is 0 Å². The lowest BCUT2D eigenvalue weighted by molar-refractivity contribution is 0.139. The van der Waals surface area contributed by atoms with Gasteiger partial charge < -0.3 is 5.32 Å². The van der Waals surface area contributed by atoms with Gasteiger partial charge in [-0.2, -0.15) is 0 Å². The summed E-state index contributed by atoms with van der Waals surface area (Å²) in [6.07, 6.45) is 16.5. The summed E-state index contributed by atoms with van der Waals surface area (Å²) in [5.41, 5.74) is 0. The fourth-order valence-corrected chi connectivity index (χ4v) is 4.93. The molecule has 0 saturated heterocycles. The van der Waals surface area contributed by atoms with Crippen LogP contribution in [0.1, 0.15) is 77.6 Å². The summed E-state index contributed by atoms with van der Waals surface area (Å²) in [4.78, 5) is 0. The van der Waals surface area contributed by atoms with Crippen molar-refractivity contribution in [3.63, 3.8) is 0 Å². The van der Waals surface area contributed by atoms with E-state index in [2.05, 4.69) is 12.2 Å². The molecule has 3 atom stereocenters. The van der Waals surface area contributed by atoms with Gasteiger partial charge in [-0.15, -0.1) is 0 Å². The molecule has 0 aromatic heterocycles. The van der Waals surface area contributed by atoms with E-state index < -0.39 is 0 Å². The van der Waals surface area contributed by atoms with Gasteiger partial charge in [-0.3, -0.25) is 0 Å². The Balaban J connectivity index is 1.39. The maximum absolute atomic E-state index is 3.94. The van der Waals surface area contributed by atoms with Crippen molar-refractivity contribution in [2.45, 2.75) is 83.6 Å². The molecule has 3 fully saturated rings. The van der Waals surface area contributed by atoms with Crippen LogP contribution in [0.25, 0.3) is 0 Å². The zero-order valence-electron chi connectivity index (χ0n) is 12.9. The molecule has 3 aliphatic rings. The number of nitrogens with one attached hydrogen (secondary N) is 1. The lowest BCUT2D eigenvalue weighted by Crippen LogP contribution is -2.41. The van der Waals surface area contributed by atoms with Crippen LogP contribution in [0.15, 0.2) is 0 Å². The van der Waals surface area contributed by atoms with E-state index in [4.69, 9.17) is 0 Å². The van der Waals surface area contributed by atoms with Gasteiger partial charge in [0, 0.05) is 6.04 Å². The number of hydrogen-bond acceptors (Lipinski definition) is 1. The predicted octanol–water partition coefficient (Wildman–Crippen LogP) is 4.76. The Hall–Kier alpha value is -0.0400. The maximum Gasteiger partial charge on any atom is 0.00700 e. The third-order valence-corrected chi connectivity index (χ3v) is 6.37. The summed E-state index contributed by atoms with van der Waals surface area (Å²) in [7, 11) is 0. The Morgan fingerprint density at radius 1 is 0.789 bits per heavy atom. The first-order valence-corrected chi connectivity index (χ1v) is 9.04. The largest absolute Gasteiger partial charge is 0.314 e. The van der Waals surface area contributed by atoms with Crippen LogP contribution in [0.4, 0.5) is 0 Å². The van der Waals surface area contributed by atoms with Crippen LogP contribution in [0.5, 0.6) is 0 Å². The van der Waals surface area contributed by atoms with Crippen molar-refractivity contribution in [3.05, 3.63) is 0 Å². The summed E-state index contributed by atoms with van der Waals surface area (Å²) in [6, 6.07) is 0.860. The lowest BCUT2D eigenvalue weighted by Gasteiger charge is -2.40. The molecule has 0 spiro atoms. The number of rotatable bonds is 3. The van der Waals surface area contributed by atoms with Crippen LogP contribution in [0.3, 0.4) is 0 Å². The molecule has 0 aromatic rings. The molecule has 0 aliphatic heterocycles. The molecule has 1 nitrogen and oxygen atoms in total. The number of hydrogen-bond donors (Lipinski definition) is 1. The molecule has 3 unspecified atom stereocenters. The molecule has 0 radical (unpaired) electrons. The molecule has 3 rings (SSSR count).